The van der Waals surface area contributed by atoms with E-state index in [1.807, 2.05) is 31.8 Å². The molecule has 4 nitrogen and oxygen atoms in total. The summed E-state index contributed by atoms with van der Waals surface area (Å²) in [7, 11) is 2.02. The Hall–Kier alpha value is -1.68. The molecule has 2 aromatic heterocycles. The average Bonchev–Trinajstić information content (AvgIpc) is 2.73. The van der Waals surface area contributed by atoms with Crippen molar-refractivity contribution in [3.8, 4) is 0 Å². The van der Waals surface area contributed by atoms with Crippen molar-refractivity contribution in [2.24, 2.45) is 7.05 Å². The first-order chi connectivity index (χ1) is 8.27. The molecule has 2 heterocycles. The van der Waals surface area contributed by atoms with E-state index < -0.39 is 0 Å². The Morgan fingerprint density at radius 2 is 2.24 bits per heavy atom. The first-order valence-electron chi connectivity index (χ1n) is 5.84. The van der Waals surface area contributed by atoms with E-state index >= 15 is 0 Å². The molecule has 17 heavy (non-hydrogen) atoms. The van der Waals surface area contributed by atoms with Crippen LogP contribution in [0.4, 0.5) is 0 Å². The van der Waals surface area contributed by atoms with Crippen LogP contribution in [0.5, 0.6) is 0 Å². The smallest absolute Gasteiger partial charge is 0.109 e. The van der Waals surface area contributed by atoms with Gasteiger partial charge in [-0.25, -0.2) is 4.98 Å². The lowest BCUT2D eigenvalue weighted by molar-refractivity contribution is 0.653. The van der Waals surface area contributed by atoms with Gasteiger partial charge in [0, 0.05) is 51.3 Å². The van der Waals surface area contributed by atoms with Gasteiger partial charge in [0.1, 0.15) is 5.82 Å². The van der Waals surface area contributed by atoms with Gasteiger partial charge < -0.3 is 9.88 Å². The zero-order chi connectivity index (χ0) is 12.1. The molecule has 1 N–H and O–H groups in total. The second-order valence-electron chi connectivity index (χ2n) is 4.18. The normalized spacial score (nSPS) is 10.7. The van der Waals surface area contributed by atoms with Crippen molar-refractivity contribution in [3.05, 3.63) is 47.8 Å². The molecular formula is C13H18N4. The van der Waals surface area contributed by atoms with Crippen LogP contribution in [0.15, 0.2) is 30.9 Å². The van der Waals surface area contributed by atoms with Crippen molar-refractivity contribution in [2.45, 2.75) is 19.9 Å². The van der Waals surface area contributed by atoms with E-state index in [4.69, 9.17) is 0 Å². The molecule has 0 aliphatic rings. The molecule has 0 aromatic carbocycles. The monoisotopic (exact) mass is 230 g/mol. The first-order valence-corrected chi connectivity index (χ1v) is 5.84. The maximum atomic E-state index is 4.29. The minimum Gasteiger partial charge on any atom is -0.338 e. The number of pyridine rings is 1. The molecule has 0 atom stereocenters. The topological polar surface area (TPSA) is 42.7 Å². The molecule has 0 amide bonds. The molecule has 0 fully saturated rings. The largest absolute Gasteiger partial charge is 0.338 e. The molecule has 2 aromatic rings. The van der Waals surface area contributed by atoms with Gasteiger partial charge in [-0.2, -0.15) is 0 Å². The second kappa shape index (κ2) is 5.59. The molecule has 0 aliphatic carbocycles. The number of aromatic nitrogens is 3. The summed E-state index contributed by atoms with van der Waals surface area (Å²) < 4.78 is 2.05. The minimum absolute atomic E-state index is 0.888. The van der Waals surface area contributed by atoms with Gasteiger partial charge in [-0.3, -0.25) is 4.98 Å². The summed E-state index contributed by atoms with van der Waals surface area (Å²) in [5, 5.41) is 3.43. The Labute approximate surface area is 102 Å². The number of hydrogen-bond donors (Lipinski definition) is 1. The fraction of sp³-hybridized carbons (Fsp3) is 0.385. The number of nitrogens with zero attached hydrogens (tertiary/aromatic N) is 3. The molecule has 0 radical (unpaired) electrons. The third-order valence-electron chi connectivity index (χ3n) is 2.90. The summed E-state index contributed by atoms with van der Waals surface area (Å²) in [5.41, 5.74) is 2.54. The van der Waals surface area contributed by atoms with Crippen LogP contribution >= 0.6 is 0 Å². The quantitative estimate of drug-likeness (QED) is 0.791. The Morgan fingerprint density at radius 3 is 2.94 bits per heavy atom. The lowest BCUT2D eigenvalue weighted by Crippen LogP contribution is -2.18. The first kappa shape index (κ1) is 11.8. The zero-order valence-corrected chi connectivity index (χ0v) is 10.3. The van der Waals surface area contributed by atoms with Gasteiger partial charge in [0.15, 0.2) is 0 Å². The van der Waals surface area contributed by atoms with Crippen molar-refractivity contribution >= 4 is 0 Å². The fourth-order valence-corrected chi connectivity index (χ4v) is 1.76. The summed E-state index contributed by atoms with van der Waals surface area (Å²) in [4.78, 5) is 8.38. The predicted molar refractivity (Wildman–Crippen MR) is 67.6 cm³/mol. The molecule has 0 spiro atoms. The van der Waals surface area contributed by atoms with Gasteiger partial charge in [0.2, 0.25) is 0 Å². The van der Waals surface area contributed by atoms with E-state index in [-0.39, 0.29) is 0 Å². The molecule has 0 aliphatic heterocycles. The van der Waals surface area contributed by atoms with Gasteiger partial charge in [0.25, 0.3) is 0 Å². The maximum absolute atomic E-state index is 4.29. The predicted octanol–water partition coefficient (Wildman–Crippen LogP) is 1.46. The standard InChI is InChI=1S/C13H18N4/c1-11-9-14-5-3-12(11)10-15-6-4-13-16-7-8-17(13)2/h3,5,7-9,15H,4,6,10H2,1-2H3. The molecule has 90 valence electrons. The highest BCUT2D eigenvalue weighted by molar-refractivity contribution is 5.21. The number of aryl methyl sites for hydroxylation is 2. The SMILES string of the molecule is Cc1cnccc1CNCCc1nccn1C. The minimum atomic E-state index is 0.888. The highest BCUT2D eigenvalue weighted by atomic mass is 15.0. The molecular weight excluding hydrogens is 212 g/mol. The van der Waals surface area contributed by atoms with Crippen LogP contribution in [0.25, 0.3) is 0 Å². The average molecular weight is 230 g/mol. The lowest BCUT2D eigenvalue weighted by Gasteiger charge is -2.07. The van der Waals surface area contributed by atoms with Crippen molar-refractivity contribution in [3.63, 3.8) is 0 Å². The Bertz CT molecular complexity index is 476. The van der Waals surface area contributed by atoms with E-state index in [0.717, 1.165) is 25.3 Å². The Morgan fingerprint density at radius 1 is 1.35 bits per heavy atom. The maximum Gasteiger partial charge on any atom is 0.109 e. The number of hydrogen-bond acceptors (Lipinski definition) is 3. The summed E-state index contributed by atoms with van der Waals surface area (Å²) in [6.45, 7) is 3.91. The van der Waals surface area contributed by atoms with Gasteiger partial charge in [0.05, 0.1) is 0 Å². The van der Waals surface area contributed by atoms with Crippen molar-refractivity contribution in [1.29, 1.82) is 0 Å². The van der Waals surface area contributed by atoms with E-state index in [0.29, 0.717) is 0 Å². The van der Waals surface area contributed by atoms with Crippen molar-refractivity contribution in [1.82, 2.24) is 19.9 Å². The van der Waals surface area contributed by atoms with Crippen LogP contribution in [0.1, 0.15) is 17.0 Å². The van der Waals surface area contributed by atoms with Gasteiger partial charge >= 0.3 is 0 Å². The van der Waals surface area contributed by atoms with Crippen LogP contribution in [0, 0.1) is 6.92 Å². The van der Waals surface area contributed by atoms with Gasteiger partial charge in [-0.15, -0.1) is 0 Å². The molecule has 0 unspecified atom stereocenters. The van der Waals surface area contributed by atoms with E-state index in [2.05, 4.69) is 32.8 Å². The van der Waals surface area contributed by atoms with E-state index in [1.165, 1.54) is 11.1 Å². The molecule has 0 saturated heterocycles. The highest BCUT2D eigenvalue weighted by Gasteiger charge is 1.99. The van der Waals surface area contributed by atoms with Gasteiger partial charge in [-0.05, 0) is 24.1 Å². The van der Waals surface area contributed by atoms with E-state index in [1.54, 1.807) is 0 Å². The molecule has 4 heteroatoms. The Kier molecular flexibility index (Phi) is 3.88. The summed E-state index contributed by atoms with van der Waals surface area (Å²) in [6, 6.07) is 2.06. The number of rotatable bonds is 5. The van der Waals surface area contributed by atoms with Crippen LogP contribution in [-0.2, 0) is 20.0 Å². The van der Waals surface area contributed by atoms with Gasteiger partial charge in [-0.1, -0.05) is 0 Å². The second-order valence-corrected chi connectivity index (χ2v) is 4.18. The molecule has 0 bridgehead atoms. The summed E-state index contributed by atoms with van der Waals surface area (Å²) in [5.74, 6) is 1.11. The molecule has 0 saturated carbocycles. The third-order valence-corrected chi connectivity index (χ3v) is 2.90. The highest BCUT2D eigenvalue weighted by Crippen LogP contribution is 2.04. The van der Waals surface area contributed by atoms with Crippen molar-refractivity contribution in [2.75, 3.05) is 6.54 Å². The Balaban J connectivity index is 1.77. The number of imidazole rings is 1. The van der Waals surface area contributed by atoms with Crippen LogP contribution in [0.2, 0.25) is 0 Å². The zero-order valence-electron chi connectivity index (χ0n) is 10.3. The fourth-order valence-electron chi connectivity index (χ4n) is 1.76. The van der Waals surface area contributed by atoms with Crippen LogP contribution in [-0.4, -0.2) is 21.1 Å². The van der Waals surface area contributed by atoms with E-state index in [9.17, 15) is 0 Å². The van der Waals surface area contributed by atoms with Crippen LogP contribution < -0.4 is 5.32 Å². The molecule has 2 rings (SSSR count). The van der Waals surface area contributed by atoms with Crippen LogP contribution in [0.3, 0.4) is 0 Å². The summed E-state index contributed by atoms with van der Waals surface area (Å²) in [6.07, 6.45) is 8.50. The third kappa shape index (κ3) is 3.14. The summed E-state index contributed by atoms with van der Waals surface area (Å²) >= 11 is 0. The van der Waals surface area contributed by atoms with Crippen molar-refractivity contribution < 1.29 is 0 Å². The lowest BCUT2D eigenvalue weighted by atomic mass is 10.1. The number of nitrogens with one attached hydrogen (secondary N) is 1.